The molecule has 1 aromatic carbocycles. The molecule has 1 aliphatic heterocycles. The van der Waals surface area contributed by atoms with Gasteiger partial charge in [0, 0.05) is 25.7 Å². The molecular formula is C21H27N5O3. The van der Waals surface area contributed by atoms with E-state index in [4.69, 9.17) is 0 Å². The highest BCUT2D eigenvalue weighted by atomic mass is 16.2. The lowest BCUT2D eigenvalue weighted by Crippen LogP contribution is -2.43. The summed E-state index contributed by atoms with van der Waals surface area (Å²) in [5.41, 5.74) is 1.79. The number of aromatic nitrogens is 3. The Hall–Kier alpha value is -2.90. The van der Waals surface area contributed by atoms with E-state index < -0.39 is 5.69 Å². The number of carbonyl (C=O) groups is 2. The van der Waals surface area contributed by atoms with Crippen LogP contribution in [0.3, 0.4) is 0 Å². The highest BCUT2D eigenvalue weighted by Gasteiger charge is 2.30. The number of hydrogen-bond acceptors (Lipinski definition) is 4. The van der Waals surface area contributed by atoms with Gasteiger partial charge in [0.2, 0.25) is 11.7 Å². The van der Waals surface area contributed by atoms with E-state index in [1.807, 2.05) is 31.2 Å². The van der Waals surface area contributed by atoms with E-state index in [1.54, 1.807) is 4.90 Å². The Bertz CT molecular complexity index is 971. The van der Waals surface area contributed by atoms with Crippen molar-refractivity contribution in [2.75, 3.05) is 6.54 Å². The number of nitrogens with zero attached hydrogens (tertiary/aromatic N) is 4. The van der Waals surface area contributed by atoms with Gasteiger partial charge >= 0.3 is 5.69 Å². The molecule has 1 N–H and O–H groups in total. The van der Waals surface area contributed by atoms with Crippen molar-refractivity contribution in [2.24, 2.45) is 0 Å². The lowest BCUT2D eigenvalue weighted by atomic mass is 9.95. The van der Waals surface area contributed by atoms with Gasteiger partial charge in [0.05, 0.1) is 0 Å². The summed E-state index contributed by atoms with van der Waals surface area (Å²) in [4.78, 5) is 39.6. The topological polar surface area (TPSA) is 89.2 Å². The molecular weight excluding hydrogens is 370 g/mol. The summed E-state index contributed by atoms with van der Waals surface area (Å²) in [6, 6.07) is 8.11. The van der Waals surface area contributed by atoms with E-state index in [-0.39, 0.29) is 30.2 Å². The van der Waals surface area contributed by atoms with Crippen LogP contribution in [0, 0.1) is 6.92 Å². The molecule has 0 atom stereocenters. The Kier molecular flexibility index (Phi) is 5.51. The monoisotopic (exact) mass is 397 g/mol. The average molecular weight is 397 g/mol. The van der Waals surface area contributed by atoms with E-state index >= 15 is 0 Å². The van der Waals surface area contributed by atoms with Crippen molar-refractivity contribution in [1.82, 2.24) is 24.6 Å². The quantitative estimate of drug-likeness (QED) is 0.827. The van der Waals surface area contributed by atoms with E-state index in [1.165, 1.54) is 11.0 Å². The van der Waals surface area contributed by atoms with Gasteiger partial charge < -0.3 is 10.2 Å². The van der Waals surface area contributed by atoms with Crippen molar-refractivity contribution in [3.05, 3.63) is 51.7 Å². The first-order valence-electron chi connectivity index (χ1n) is 10.3. The molecule has 4 rings (SSSR count). The zero-order chi connectivity index (χ0) is 20.4. The summed E-state index contributed by atoms with van der Waals surface area (Å²) >= 11 is 0. The summed E-state index contributed by atoms with van der Waals surface area (Å²) in [7, 11) is 0. The molecule has 0 saturated heterocycles. The number of fused-ring (bicyclic) bond motifs is 1. The first-order chi connectivity index (χ1) is 14.0. The van der Waals surface area contributed by atoms with Crippen molar-refractivity contribution in [3.8, 4) is 0 Å². The van der Waals surface area contributed by atoms with Gasteiger partial charge in [0.15, 0.2) is 0 Å². The van der Waals surface area contributed by atoms with Gasteiger partial charge in [-0.3, -0.25) is 14.2 Å². The Morgan fingerprint density at radius 3 is 2.66 bits per heavy atom. The van der Waals surface area contributed by atoms with Gasteiger partial charge in [0.1, 0.15) is 6.54 Å². The number of amides is 2. The normalized spacial score (nSPS) is 17.3. The molecule has 1 saturated carbocycles. The molecule has 1 fully saturated rings. The van der Waals surface area contributed by atoms with Crippen molar-refractivity contribution < 1.29 is 9.59 Å². The highest BCUT2D eigenvalue weighted by molar-refractivity contribution is 5.91. The minimum absolute atomic E-state index is 0.111. The lowest BCUT2D eigenvalue weighted by molar-refractivity contribution is -0.122. The van der Waals surface area contributed by atoms with Crippen molar-refractivity contribution >= 4 is 11.8 Å². The molecule has 0 radical (unpaired) electrons. The van der Waals surface area contributed by atoms with Gasteiger partial charge in [-0.1, -0.05) is 43.5 Å². The number of carbonyl (C=O) groups excluding carboxylic acids is 2. The van der Waals surface area contributed by atoms with E-state index in [2.05, 4.69) is 10.4 Å². The van der Waals surface area contributed by atoms with Gasteiger partial charge in [-0.2, -0.15) is 0 Å². The van der Waals surface area contributed by atoms with Crippen LogP contribution < -0.4 is 11.0 Å². The lowest BCUT2D eigenvalue weighted by Gasteiger charge is -2.27. The third kappa shape index (κ3) is 4.11. The number of hydrogen-bond donors (Lipinski definition) is 1. The molecule has 0 unspecified atom stereocenters. The summed E-state index contributed by atoms with van der Waals surface area (Å²) < 4.78 is 2.49. The third-order valence-electron chi connectivity index (χ3n) is 5.88. The van der Waals surface area contributed by atoms with Gasteiger partial charge in [-0.15, -0.1) is 5.10 Å². The predicted molar refractivity (Wildman–Crippen MR) is 107 cm³/mol. The molecule has 0 bridgehead atoms. The Morgan fingerprint density at radius 2 is 1.90 bits per heavy atom. The van der Waals surface area contributed by atoms with Gasteiger partial charge in [-0.25, -0.2) is 9.48 Å². The molecule has 1 aliphatic carbocycles. The molecule has 8 nitrogen and oxygen atoms in total. The van der Waals surface area contributed by atoms with Crippen molar-refractivity contribution in [3.63, 3.8) is 0 Å². The summed E-state index contributed by atoms with van der Waals surface area (Å²) in [5.74, 6) is -0.387. The fourth-order valence-electron chi connectivity index (χ4n) is 4.17. The molecule has 1 aromatic heterocycles. The van der Waals surface area contributed by atoms with Crippen LogP contribution in [0.5, 0.6) is 0 Å². The Morgan fingerprint density at radius 1 is 1.14 bits per heavy atom. The maximum absolute atomic E-state index is 12.9. The van der Waals surface area contributed by atoms with Gasteiger partial charge in [-0.05, 0) is 30.9 Å². The molecule has 2 amide bonds. The number of rotatable bonds is 5. The second kappa shape index (κ2) is 8.23. The van der Waals surface area contributed by atoms with Crippen LogP contribution in [-0.2, 0) is 24.4 Å². The number of aryl methyl sites for hydroxylation is 1. The maximum atomic E-state index is 12.9. The zero-order valence-electron chi connectivity index (χ0n) is 16.8. The largest absolute Gasteiger partial charge is 0.352 e. The van der Waals surface area contributed by atoms with Crippen LogP contribution in [0.4, 0.5) is 0 Å². The standard InChI is InChI=1S/C21H27N5O3/c1-15-7-5-6-8-16(15)13-24-11-12-25-19(20(24)28)23-26(21(25)29)14-18(27)22-17-9-3-2-4-10-17/h5-8,17H,2-4,9-14H2,1H3,(H,22,27). The second-order valence-electron chi connectivity index (χ2n) is 7.97. The summed E-state index contributed by atoms with van der Waals surface area (Å²) in [5, 5.41) is 7.18. The van der Waals surface area contributed by atoms with Crippen molar-refractivity contribution in [2.45, 2.75) is 64.7 Å². The molecule has 2 heterocycles. The fraction of sp³-hybridized carbons (Fsp3) is 0.524. The van der Waals surface area contributed by atoms with Crippen LogP contribution in [0.1, 0.15) is 53.8 Å². The third-order valence-corrected chi connectivity index (χ3v) is 5.88. The first kappa shape index (κ1) is 19.4. The first-order valence-corrected chi connectivity index (χ1v) is 10.3. The van der Waals surface area contributed by atoms with Crippen LogP contribution in [0.15, 0.2) is 29.1 Å². The number of nitrogens with one attached hydrogen (secondary N) is 1. The summed E-state index contributed by atoms with van der Waals surface area (Å²) in [6.45, 7) is 3.17. The van der Waals surface area contributed by atoms with E-state index in [9.17, 15) is 14.4 Å². The smallest absolute Gasteiger partial charge is 0.346 e. The fourth-order valence-corrected chi connectivity index (χ4v) is 4.17. The zero-order valence-corrected chi connectivity index (χ0v) is 16.8. The van der Waals surface area contributed by atoms with Crippen molar-refractivity contribution in [1.29, 1.82) is 0 Å². The highest BCUT2D eigenvalue weighted by Crippen LogP contribution is 2.17. The average Bonchev–Trinajstić information content (AvgIpc) is 3.03. The minimum Gasteiger partial charge on any atom is -0.352 e. The Labute approximate surface area is 169 Å². The molecule has 2 aliphatic rings. The molecule has 29 heavy (non-hydrogen) atoms. The predicted octanol–water partition coefficient (Wildman–Crippen LogP) is 1.46. The van der Waals surface area contributed by atoms with Crippen LogP contribution in [-0.4, -0.2) is 43.6 Å². The number of benzene rings is 1. The minimum atomic E-state index is -0.400. The van der Waals surface area contributed by atoms with Crippen LogP contribution >= 0.6 is 0 Å². The van der Waals surface area contributed by atoms with E-state index in [0.29, 0.717) is 19.6 Å². The van der Waals surface area contributed by atoms with E-state index in [0.717, 1.165) is 41.5 Å². The second-order valence-corrected chi connectivity index (χ2v) is 7.97. The van der Waals surface area contributed by atoms with Crippen LogP contribution in [0.25, 0.3) is 0 Å². The van der Waals surface area contributed by atoms with Crippen LogP contribution in [0.2, 0.25) is 0 Å². The summed E-state index contributed by atoms with van der Waals surface area (Å²) in [6.07, 6.45) is 5.41. The molecule has 154 valence electrons. The molecule has 8 heteroatoms. The maximum Gasteiger partial charge on any atom is 0.346 e. The Balaban J connectivity index is 1.46. The molecule has 2 aromatic rings. The SMILES string of the molecule is Cc1ccccc1CN1CCn2c(nn(CC(=O)NC3CCCCC3)c2=O)C1=O. The van der Waals surface area contributed by atoms with Gasteiger partial charge in [0.25, 0.3) is 5.91 Å². The molecule has 0 spiro atoms.